The van der Waals surface area contributed by atoms with Crippen LogP contribution in [0.3, 0.4) is 0 Å². The van der Waals surface area contributed by atoms with E-state index in [0.717, 1.165) is 29.9 Å². The Morgan fingerprint density at radius 2 is 2.38 bits per heavy atom. The van der Waals surface area contributed by atoms with Gasteiger partial charge in [-0.15, -0.1) is 0 Å². The Kier molecular flexibility index (Phi) is 3.94. The fourth-order valence-corrected chi connectivity index (χ4v) is 2.72. The van der Waals surface area contributed by atoms with E-state index in [1.54, 1.807) is 11.6 Å². The normalized spacial score (nSPS) is 13.8. The molecular weight excluding hydrogens is 290 g/mol. The number of halogens is 1. The minimum atomic E-state index is -0.377. The van der Waals surface area contributed by atoms with Crippen molar-refractivity contribution >= 4 is 17.6 Å². The van der Waals surface area contributed by atoms with Gasteiger partial charge in [0.15, 0.2) is 5.69 Å². The summed E-state index contributed by atoms with van der Waals surface area (Å²) in [5.74, 6) is -0.377. The number of aromatic nitrogens is 2. The molecule has 3 rings (SSSR count). The van der Waals surface area contributed by atoms with Gasteiger partial charge in [-0.1, -0.05) is 17.7 Å². The van der Waals surface area contributed by atoms with E-state index in [9.17, 15) is 4.79 Å². The van der Waals surface area contributed by atoms with Crippen LogP contribution in [0.1, 0.15) is 28.7 Å². The maximum absolute atomic E-state index is 12.1. The maximum atomic E-state index is 12.1. The van der Waals surface area contributed by atoms with Crippen molar-refractivity contribution in [3.05, 3.63) is 46.2 Å². The number of ether oxygens (including phenoxy) is 1. The van der Waals surface area contributed by atoms with Crippen molar-refractivity contribution in [1.29, 1.82) is 0 Å². The van der Waals surface area contributed by atoms with Gasteiger partial charge in [-0.25, -0.2) is 9.48 Å². The Morgan fingerprint density at radius 1 is 1.52 bits per heavy atom. The van der Waals surface area contributed by atoms with E-state index in [1.807, 2.05) is 24.3 Å². The second kappa shape index (κ2) is 5.87. The minimum Gasteiger partial charge on any atom is -0.461 e. The summed E-state index contributed by atoms with van der Waals surface area (Å²) in [5.41, 5.74) is 3.20. The van der Waals surface area contributed by atoms with E-state index in [4.69, 9.17) is 16.3 Å². The number of nitrogens with one attached hydrogen (secondary N) is 1. The summed E-state index contributed by atoms with van der Waals surface area (Å²) in [6, 6.07) is 7.45. The van der Waals surface area contributed by atoms with Gasteiger partial charge in [0, 0.05) is 30.1 Å². The Hall–Kier alpha value is -1.85. The molecule has 1 aliphatic rings. The maximum Gasteiger partial charge on any atom is 0.359 e. The summed E-state index contributed by atoms with van der Waals surface area (Å²) in [6.07, 6.45) is 0.814. The quantitative estimate of drug-likeness (QED) is 0.884. The van der Waals surface area contributed by atoms with E-state index >= 15 is 0 Å². The molecule has 0 aliphatic carbocycles. The first-order valence-corrected chi connectivity index (χ1v) is 7.33. The Morgan fingerprint density at radius 3 is 3.14 bits per heavy atom. The highest BCUT2D eigenvalue weighted by atomic mass is 35.5. The SMILES string of the molecule is CCOC(=O)c1nn(-c2cccc(Cl)c2)c2c1CNCC2. The molecule has 1 aromatic carbocycles. The smallest absolute Gasteiger partial charge is 0.359 e. The molecule has 0 amide bonds. The van der Waals surface area contributed by atoms with Crippen LogP contribution < -0.4 is 5.32 Å². The fraction of sp³-hybridized carbons (Fsp3) is 0.333. The van der Waals surface area contributed by atoms with Gasteiger partial charge in [-0.2, -0.15) is 5.10 Å². The van der Waals surface area contributed by atoms with Gasteiger partial charge in [-0.3, -0.25) is 0 Å². The van der Waals surface area contributed by atoms with Gasteiger partial charge >= 0.3 is 5.97 Å². The van der Waals surface area contributed by atoms with Crippen LogP contribution in [0.5, 0.6) is 0 Å². The van der Waals surface area contributed by atoms with E-state index < -0.39 is 0 Å². The topological polar surface area (TPSA) is 56.1 Å². The van der Waals surface area contributed by atoms with Gasteiger partial charge in [0.1, 0.15) is 0 Å². The number of benzene rings is 1. The Labute approximate surface area is 127 Å². The highest BCUT2D eigenvalue weighted by Crippen LogP contribution is 2.24. The minimum absolute atomic E-state index is 0.338. The van der Waals surface area contributed by atoms with Gasteiger partial charge in [0.05, 0.1) is 18.0 Å². The van der Waals surface area contributed by atoms with Crippen molar-refractivity contribution in [3.8, 4) is 5.69 Å². The third-order valence-electron chi connectivity index (χ3n) is 3.45. The summed E-state index contributed by atoms with van der Waals surface area (Å²) < 4.78 is 6.90. The average molecular weight is 306 g/mol. The zero-order valence-corrected chi connectivity index (χ0v) is 12.5. The summed E-state index contributed by atoms with van der Waals surface area (Å²) in [4.78, 5) is 12.1. The zero-order valence-electron chi connectivity index (χ0n) is 11.7. The van der Waals surface area contributed by atoms with Crippen LogP contribution >= 0.6 is 11.6 Å². The van der Waals surface area contributed by atoms with Crippen LogP contribution in [0.15, 0.2) is 24.3 Å². The van der Waals surface area contributed by atoms with Gasteiger partial charge < -0.3 is 10.1 Å². The van der Waals surface area contributed by atoms with E-state index in [1.165, 1.54) is 0 Å². The van der Waals surface area contributed by atoms with Crippen molar-refractivity contribution in [3.63, 3.8) is 0 Å². The van der Waals surface area contributed by atoms with E-state index in [-0.39, 0.29) is 5.97 Å². The highest BCUT2D eigenvalue weighted by molar-refractivity contribution is 6.30. The molecule has 1 aliphatic heterocycles. The Bertz CT molecular complexity index is 682. The fourth-order valence-electron chi connectivity index (χ4n) is 2.53. The number of hydrogen-bond donors (Lipinski definition) is 1. The van der Waals surface area contributed by atoms with Crippen LogP contribution in [0.25, 0.3) is 5.69 Å². The van der Waals surface area contributed by atoms with Crippen molar-refractivity contribution < 1.29 is 9.53 Å². The zero-order chi connectivity index (χ0) is 14.8. The second-order valence-electron chi connectivity index (χ2n) is 4.81. The first-order chi connectivity index (χ1) is 10.2. The first-order valence-electron chi connectivity index (χ1n) is 6.95. The molecule has 1 aromatic heterocycles. The summed E-state index contributed by atoms with van der Waals surface area (Å²) in [6.45, 7) is 3.62. The lowest BCUT2D eigenvalue weighted by molar-refractivity contribution is 0.0517. The third-order valence-corrected chi connectivity index (χ3v) is 3.69. The molecule has 6 heteroatoms. The molecule has 5 nitrogen and oxygen atoms in total. The van der Waals surface area contributed by atoms with Gasteiger partial charge in [0.25, 0.3) is 0 Å². The number of nitrogens with zero attached hydrogens (tertiary/aromatic N) is 2. The van der Waals surface area contributed by atoms with E-state index in [2.05, 4.69) is 10.4 Å². The molecule has 0 atom stereocenters. The molecule has 0 saturated carbocycles. The van der Waals surface area contributed by atoms with Crippen LogP contribution in [0, 0.1) is 0 Å². The Balaban J connectivity index is 2.11. The monoisotopic (exact) mass is 305 g/mol. The summed E-state index contributed by atoms with van der Waals surface area (Å²) in [7, 11) is 0. The number of carbonyl (C=O) groups excluding carboxylic acids is 1. The van der Waals surface area contributed by atoms with Crippen LogP contribution in [-0.2, 0) is 17.7 Å². The number of hydrogen-bond acceptors (Lipinski definition) is 4. The van der Waals surface area contributed by atoms with Gasteiger partial charge in [0.2, 0.25) is 0 Å². The molecule has 1 N–H and O–H groups in total. The second-order valence-corrected chi connectivity index (χ2v) is 5.25. The van der Waals surface area contributed by atoms with Crippen molar-refractivity contribution in [2.75, 3.05) is 13.2 Å². The predicted octanol–water partition coefficient (Wildman–Crippen LogP) is 2.35. The molecule has 21 heavy (non-hydrogen) atoms. The first kappa shape index (κ1) is 14.1. The molecule has 110 valence electrons. The molecule has 0 fully saturated rings. The third kappa shape index (κ3) is 2.66. The van der Waals surface area contributed by atoms with Crippen molar-refractivity contribution in [2.45, 2.75) is 19.9 Å². The van der Waals surface area contributed by atoms with Crippen molar-refractivity contribution in [2.24, 2.45) is 0 Å². The summed E-state index contributed by atoms with van der Waals surface area (Å²) in [5, 5.41) is 8.37. The number of rotatable bonds is 3. The van der Waals surface area contributed by atoms with Crippen LogP contribution in [-0.4, -0.2) is 28.9 Å². The molecule has 0 bridgehead atoms. The molecule has 2 heterocycles. The molecular formula is C15H16ClN3O2. The van der Waals surface area contributed by atoms with Crippen LogP contribution in [0.4, 0.5) is 0 Å². The van der Waals surface area contributed by atoms with E-state index in [0.29, 0.717) is 23.9 Å². The predicted molar refractivity (Wildman–Crippen MR) is 79.9 cm³/mol. The highest BCUT2D eigenvalue weighted by Gasteiger charge is 2.26. The molecule has 0 radical (unpaired) electrons. The molecule has 0 saturated heterocycles. The molecule has 0 spiro atoms. The number of carbonyl (C=O) groups is 1. The lowest BCUT2D eigenvalue weighted by Crippen LogP contribution is -2.25. The van der Waals surface area contributed by atoms with Crippen molar-refractivity contribution in [1.82, 2.24) is 15.1 Å². The lowest BCUT2D eigenvalue weighted by atomic mass is 10.1. The average Bonchev–Trinajstić information content (AvgIpc) is 2.87. The molecule has 2 aromatic rings. The molecule has 0 unspecified atom stereocenters. The number of esters is 1. The standard InChI is InChI=1S/C15H16ClN3O2/c1-2-21-15(20)14-12-9-17-7-6-13(12)19(18-14)11-5-3-4-10(16)8-11/h3-5,8,17H,2,6-7,9H2,1H3. The lowest BCUT2D eigenvalue weighted by Gasteiger charge is -2.15. The largest absolute Gasteiger partial charge is 0.461 e. The van der Waals surface area contributed by atoms with Gasteiger partial charge in [-0.05, 0) is 25.1 Å². The number of fused-ring (bicyclic) bond motifs is 1. The van der Waals surface area contributed by atoms with Crippen LogP contribution in [0.2, 0.25) is 5.02 Å². The summed E-state index contributed by atoms with van der Waals surface area (Å²) >= 11 is 6.05.